The molecule has 0 atom stereocenters. The number of halogens is 1. The van der Waals surface area contributed by atoms with Crippen molar-refractivity contribution in [3.8, 4) is 0 Å². The number of aromatic nitrogens is 1. The number of rotatable bonds is 4. The van der Waals surface area contributed by atoms with E-state index in [2.05, 4.69) is 26.2 Å². The lowest BCUT2D eigenvalue weighted by Gasteiger charge is -2.04. The van der Waals surface area contributed by atoms with Gasteiger partial charge in [-0.05, 0) is 50.1 Å². The van der Waals surface area contributed by atoms with Crippen LogP contribution < -0.4 is 5.32 Å². The summed E-state index contributed by atoms with van der Waals surface area (Å²) in [5.74, 6) is -0.150. The van der Waals surface area contributed by atoms with Gasteiger partial charge in [-0.1, -0.05) is 0 Å². The minimum absolute atomic E-state index is 0.150. The fourth-order valence-corrected chi connectivity index (χ4v) is 2.73. The molecule has 2 heterocycles. The Morgan fingerprint density at radius 3 is 2.94 bits per heavy atom. The summed E-state index contributed by atoms with van der Waals surface area (Å²) in [5.41, 5.74) is 0.432. The molecule has 2 aromatic heterocycles. The maximum Gasteiger partial charge on any atom is 0.386 e. The number of hydrogen-bond acceptors (Lipinski definition) is 5. The Labute approximate surface area is 110 Å². The van der Waals surface area contributed by atoms with Crippen LogP contribution in [0.5, 0.6) is 0 Å². The highest BCUT2D eigenvalue weighted by Crippen LogP contribution is 2.25. The van der Waals surface area contributed by atoms with Crippen molar-refractivity contribution in [2.24, 2.45) is 0 Å². The SMILES string of the molecule is O=[N+]([O-])c1ncccc1NCc1ccc(Br)s1. The third-order valence-corrected chi connectivity index (χ3v) is 3.67. The van der Waals surface area contributed by atoms with Gasteiger partial charge < -0.3 is 15.4 Å². The Morgan fingerprint density at radius 2 is 2.29 bits per heavy atom. The molecule has 17 heavy (non-hydrogen) atoms. The van der Waals surface area contributed by atoms with Crippen molar-refractivity contribution >= 4 is 38.8 Å². The van der Waals surface area contributed by atoms with E-state index < -0.39 is 4.92 Å². The second-order valence-corrected chi connectivity index (χ2v) is 5.74. The zero-order valence-electron chi connectivity index (χ0n) is 8.59. The third kappa shape index (κ3) is 3.01. The van der Waals surface area contributed by atoms with Crippen molar-refractivity contribution in [2.45, 2.75) is 6.54 Å². The van der Waals surface area contributed by atoms with Gasteiger partial charge in [0.15, 0.2) is 0 Å². The Balaban J connectivity index is 2.11. The van der Waals surface area contributed by atoms with Crippen LogP contribution in [0.4, 0.5) is 11.5 Å². The Kier molecular flexibility index (Phi) is 3.70. The van der Waals surface area contributed by atoms with Crippen LogP contribution in [0.3, 0.4) is 0 Å². The molecule has 88 valence electrons. The van der Waals surface area contributed by atoms with E-state index in [0.717, 1.165) is 8.66 Å². The molecular weight excluding hydrogens is 306 g/mol. The smallest absolute Gasteiger partial charge is 0.373 e. The molecule has 0 amide bonds. The summed E-state index contributed by atoms with van der Waals surface area (Å²) in [5, 5.41) is 13.7. The second-order valence-electron chi connectivity index (χ2n) is 3.19. The molecule has 0 aromatic carbocycles. The van der Waals surface area contributed by atoms with Crippen LogP contribution in [0.2, 0.25) is 0 Å². The average molecular weight is 314 g/mol. The van der Waals surface area contributed by atoms with Gasteiger partial charge >= 0.3 is 5.82 Å². The summed E-state index contributed by atoms with van der Waals surface area (Å²) in [7, 11) is 0. The van der Waals surface area contributed by atoms with Crippen LogP contribution in [0.15, 0.2) is 34.2 Å². The molecule has 0 bridgehead atoms. The first-order valence-electron chi connectivity index (χ1n) is 4.74. The lowest BCUT2D eigenvalue weighted by Crippen LogP contribution is -2.02. The van der Waals surface area contributed by atoms with Crippen molar-refractivity contribution < 1.29 is 4.92 Å². The van der Waals surface area contributed by atoms with E-state index in [-0.39, 0.29) is 5.82 Å². The molecule has 0 aliphatic rings. The molecule has 0 unspecified atom stereocenters. The summed E-state index contributed by atoms with van der Waals surface area (Å²) >= 11 is 4.95. The standard InChI is InChI=1S/C10H8BrN3O2S/c11-9-4-3-7(17-9)6-13-8-2-1-5-12-10(8)14(15)16/h1-5,13H,6H2. The van der Waals surface area contributed by atoms with Crippen molar-refractivity contribution in [3.05, 3.63) is 49.2 Å². The molecule has 0 saturated carbocycles. The summed E-state index contributed by atoms with van der Waals surface area (Å²) in [4.78, 5) is 15.1. The second kappa shape index (κ2) is 5.24. The zero-order chi connectivity index (χ0) is 12.3. The molecule has 0 aliphatic carbocycles. The molecule has 7 heteroatoms. The first-order valence-corrected chi connectivity index (χ1v) is 6.35. The maximum atomic E-state index is 10.7. The molecule has 0 spiro atoms. The predicted molar refractivity (Wildman–Crippen MR) is 70.2 cm³/mol. The van der Waals surface area contributed by atoms with E-state index in [1.165, 1.54) is 6.20 Å². The summed E-state index contributed by atoms with van der Waals surface area (Å²) in [6.45, 7) is 0.544. The average Bonchev–Trinajstić information content (AvgIpc) is 2.73. The van der Waals surface area contributed by atoms with Gasteiger partial charge in [0.05, 0.1) is 3.79 Å². The number of nitrogens with one attached hydrogen (secondary N) is 1. The molecular formula is C10H8BrN3O2S. The first-order chi connectivity index (χ1) is 8.16. The molecule has 0 radical (unpaired) electrons. The third-order valence-electron chi connectivity index (χ3n) is 2.04. The lowest BCUT2D eigenvalue weighted by molar-refractivity contribution is -0.388. The van der Waals surface area contributed by atoms with E-state index in [1.54, 1.807) is 23.5 Å². The van der Waals surface area contributed by atoms with Crippen LogP contribution in [-0.2, 0) is 6.54 Å². The van der Waals surface area contributed by atoms with E-state index in [4.69, 9.17) is 0 Å². The molecule has 0 fully saturated rings. The number of nitrogens with zero attached hydrogens (tertiary/aromatic N) is 2. The van der Waals surface area contributed by atoms with Crippen LogP contribution in [0, 0.1) is 10.1 Å². The highest BCUT2D eigenvalue weighted by molar-refractivity contribution is 9.11. The van der Waals surface area contributed by atoms with Gasteiger partial charge in [0.1, 0.15) is 11.9 Å². The van der Waals surface area contributed by atoms with Crippen molar-refractivity contribution in [3.63, 3.8) is 0 Å². The van der Waals surface area contributed by atoms with Gasteiger partial charge in [0.2, 0.25) is 0 Å². The van der Waals surface area contributed by atoms with Crippen LogP contribution in [0.1, 0.15) is 4.88 Å². The van der Waals surface area contributed by atoms with E-state index in [9.17, 15) is 10.1 Å². The Hall–Kier alpha value is -1.47. The molecule has 0 saturated heterocycles. The molecule has 2 aromatic rings. The number of thiophene rings is 1. The van der Waals surface area contributed by atoms with Crippen molar-refractivity contribution in [1.82, 2.24) is 4.98 Å². The first kappa shape index (κ1) is 12.0. The fourth-order valence-electron chi connectivity index (χ4n) is 1.31. The Bertz CT molecular complexity index is 544. The van der Waals surface area contributed by atoms with Crippen LogP contribution >= 0.6 is 27.3 Å². The van der Waals surface area contributed by atoms with Gasteiger partial charge in [0.25, 0.3) is 0 Å². The zero-order valence-corrected chi connectivity index (χ0v) is 11.0. The topological polar surface area (TPSA) is 68.1 Å². The minimum Gasteiger partial charge on any atom is -0.373 e. The van der Waals surface area contributed by atoms with E-state index >= 15 is 0 Å². The van der Waals surface area contributed by atoms with Gasteiger partial charge in [-0.3, -0.25) is 0 Å². The molecule has 5 nitrogen and oxygen atoms in total. The number of anilines is 1. The lowest BCUT2D eigenvalue weighted by atomic mass is 10.3. The Morgan fingerprint density at radius 1 is 1.47 bits per heavy atom. The maximum absolute atomic E-state index is 10.7. The van der Waals surface area contributed by atoms with Gasteiger partial charge in [0, 0.05) is 11.4 Å². The molecule has 2 rings (SSSR count). The normalized spacial score (nSPS) is 10.2. The molecule has 1 N–H and O–H groups in total. The minimum atomic E-state index is -0.493. The largest absolute Gasteiger partial charge is 0.386 e. The number of hydrogen-bond donors (Lipinski definition) is 1. The summed E-state index contributed by atoms with van der Waals surface area (Å²) in [6.07, 6.45) is 1.41. The van der Waals surface area contributed by atoms with Crippen molar-refractivity contribution in [1.29, 1.82) is 0 Å². The van der Waals surface area contributed by atoms with Gasteiger partial charge in [-0.15, -0.1) is 11.3 Å². The van der Waals surface area contributed by atoms with Crippen LogP contribution in [0.25, 0.3) is 0 Å². The number of nitro groups is 1. The predicted octanol–water partition coefficient (Wildman–Crippen LogP) is 3.43. The summed E-state index contributed by atoms with van der Waals surface area (Å²) in [6, 6.07) is 7.22. The van der Waals surface area contributed by atoms with Crippen LogP contribution in [-0.4, -0.2) is 9.91 Å². The quantitative estimate of drug-likeness (QED) is 0.693. The van der Waals surface area contributed by atoms with Gasteiger partial charge in [-0.2, -0.15) is 0 Å². The summed E-state index contributed by atoms with van der Waals surface area (Å²) < 4.78 is 1.04. The fraction of sp³-hybridized carbons (Fsp3) is 0.100. The molecule has 0 aliphatic heterocycles. The highest BCUT2D eigenvalue weighted by Gasteiger charge is 2.13. The van der Waals surface area contributed by atoms with Gasteiger partial charge in [-0.25, -0.2) is 0 Å². The number of pyridine rings is 1. The monoisotopic (exact) mass is 313 g/mol. The van der Waals surface area contributed by atoms with E-state index in [0.29, 0.717) is 12.2 Å². The van der Waals surface area contributed by atoms with Crippen molar-refractivity contribution in [2.75, 3.05) is 5.32 Å². The van der Waals surface area contributed by atoms with E-state index in [1.807, 2.05) is 12.1 Å². The highest BCUT2D eigenvalue weighted by atomic mass is 79.9.